The van der Waals surface area contributed by atoms with E-state index in [1.54, 1.807) is 18.2 Å². The molecule has 1 aromatic rings. The molecule has 1 amide bonds. The fourth-order valence-corrected chi connectivity index (χ4v) is 4.55. The summed E-state index contributed by atoms with van der Waals surface area (Å²) in [7, 11) is -3.52. The first kappa shape index (κ1) is 15.3. The van der Waals surface area contributed by atoms with Gasteiger partial charge in [-0.2, -0.15) is 4.31 Å². The van der Waals surface area contributed by atoms with E-state index in [-0.39, 0.29) is 11.8 Å². The van der Waals surface area contributed by atoms with Crippen LogP contribution in [0.25, 0.3) is 0 Å². The van der Waals surface area contributed by atoms with E-state index in [1.165, 1.54) is 4.31 Å². The molecule has 120 valence electrons. The van der Waals surface area contributed by atoms with Gasteiger partial charge in [-0.1, -0.05) is 0 Å². The Morgan fingerprint density at radius 3 is 2.68 bits per heavy atom. The minimum absolute atomic E-state index is 0.219. The molecule has 0 saturated carbocycles. The van der Waals surface area contributed by atoms with E-state index in [9.17, 15) is 13.2 Å². The fraction of sp³-hybridized carbons (Fsp3) is 0.533. The number of hydrogen-bond acceptors (Lipinski definition) is 4. The van der Waals surface area contributed by atoms with Crippen LogP contribution in [0.2, 0.25) is 0 Å². The number of rotatable bonds is 3. The van der Waals surface area contributed by atoms with Crippen LogP contribution in [0.3, 0.4) is 0 Å². The molecule has 7 heteroatoms. The highest BCUT2D eigenvalue weighted by Gasteiger charge is 2.31. The van der Waals surface area contributed by atoms with E-state index in [4.69, 9.17) is 10.5 Å². The number of carbonyl (C=O) groups excluding carboxylic acids is 1. The number of ether oxygens (including phenoxy) is 1. The molecule has 3 rings (SSSR count). The Morgan fingerprint density at radius 1 is 1.27 bits per heavy atom. The third kappa shape index (κ3) is 2.83. The number of fused-ring (bicyclic) bond motifs is 1. The van der Waals surface area contributed by atoms with Gasteiger partial charge >= 0.3 is 0 Å². The summed E-state index contributed by atoms with van der Waals surface area (Å²) in [5.41, 5.74) is 6.23. The number of nitrogens with zero attached hydrogens (tertiary/aromatic N) is 1. The molecule has 0 spiro atoms. The highest BCUT2D eigenvalue weighted by Crippen LogP contribution is 2.30. The molecule has 0 atom stereocenters. The standard InChI is InChI=1S/C15H20N2O4S/c16-15(18)11-5-7-17(8-6-11)22(19,20)13-3-4-14-12(10-13)2-1-9-21-14/h3-4,10-11H,1-2,5-9H2,(H2,16,18). The predicted octanol–water partition coefficient (Wildman–Crippen LogP) is 0.898. The number of carbonyl (C=O) groups is 1. The molecule has 2 heterocycles. The minimum Gasteiger partial charge on any atom is -0.493 e. The van der Waals surface area contributed by atoms with Crippen LogP contribution in [0.1, 0.15) is 24.8 Å². The van der Waals surface area contributed by atoms with Crippen molar-refractivity contribution in [3.05, 3.63) is 23.8 Å². The summed E-state index contributed by atoms with van der Waals surface area (Å²) in [5, 5.41) is 0. The first-order valence-electron chi connectivity index (χ1n) is 7.53. The van der Waals surface area contributed by atoms with Crippen LogP contribution in [-0.2, 0) is 21.2 Å². The number of amides is 1. The zero-order valence-electron chi connectivity index (χ0n) is 12.3. The summed E-state index contributed by atoms with van der Waals surface area (Å²) >= 11 is 0. The average molecular weight is 324 g/mol. The SMILES string of the molecule is NC(=O)C1CCN(S(=O)(=O)c2ccc3c(c2)CCCO3)CC1. The highest BCUT2D eigenvalue weighted by atomic mass is 32.2. The Kier molecular flexibility index (Phi) is 4.10. The smallest absolute Gasteiger partial charge is 0.243 e. The van der Waals surface area contributed by atoms with Gasteiger partial charge in [0.05, 0.1) is 11.5 Å². The Hall–Kier alpha value is -1.60. The van der Waals surface area contributed by atoms with Gasteiger partial charge in [-0.3, -0.25) is 4.79 Å². The molecule has 1 aromatic carbocycles. The molecular weight excluding hydrogens is 304 g/mol. The second kappa shape index (κ2) is 5.89. The first-order valence-corrected chi connectivity index (χ1v) is 8.97. The molecule has 22 heavy (non-hydrogen) atoms. The molecule has 1 saturated heterocycles. The van der Waals surface area contributed by atoms with E-state index in [1.807, 2.05) is 0 Å². The van der Waals surface area contributed by atoms with Crippen molar-refractivity contribution in [2.24, 2.45) is 11.7 Å². The minimum atomic E-state index is -3.52. The third-order valence-corrected chi connectivity index (χ3v) is 6.27. The number of piperidine rings is 1. The zero-order valence-corrected chi connectivity index (χ0v) is 13.1. The van der Waals surface area contributed by atoms with Gasteiger partial charge < -0.3 is 10.5 Å². The predicted molar refractivity (Wildman–Crippen MR) is 80.9 cm³/mol. The van der Waals surface area contributed by atoms with E-state index in [0.717, 1.165) is 24.2 Å². The van der Waals surface area contributed by atoms with Crippen LogP contribution >= 0.6 is 0 Å². The molecule has 6 nitrogen and oxygen atoms in total. The summed E-state index contributed by atoms with van der Waals surface area (Å²) in [6, 6.07) is 5.04. The molecule has 0 aliphatic carbocycles. The molecule has 2 aliphatic rings. The molecule has 1 fully saturated rings. The molecule has 0 unspecified atom stereocenters. The number of sulfonamides is 1. The van der Waals surface area contributed by atoms with Crippen LogP contribution in [0.5, 0.6) is 5.75 Å². The third-order valence-electron chi connectivity index (χ3n) is 4.37. The van der Waals surface area contributed by atoms with Crippen molar-refractivity contribution in [2.45, 2.75) is 30.6 Å². The molecule has 2 aliphatic heterocycles. The van der Waals surface area contributed by atoms with Crippen LogP contribution in [0, 0.1) is 5.92 Å². The highest BCUT2D eigenvalue weighted by molar-refractivity contribution is 7.89. The maximum Gasteiger partial charge on any atom is 0.243 e. The summed E-state index contributed by atoms with van der Waals surface area (Å²) in [5.74, 6) is 0.212. The number of benzene rings is 1. The Bertz CT molecular complexity index is 679. The van der Waals surface area contributed by atoms with Crippen molar-refractivity contribution in [2.75, 3.05) is 19.7 Å². The zero-order chi connectivity index (χ0) is 15.7. The van der Waals surface area contributed by atoms with Crippen molar-refractivity contribution in [1.82, 2.24) is 4.31 Å². The Balaban J connectivity index is 1.80. The summed E-state index contributed by atoms with van der Waals surface area (Å²) in [6.45, 7) is 1.35. The lowest BCUT2D eigenvalue weighted by atomic mass is 9.98. The normalized spacial score (nSPS) is 20.2. The van der Waals surface area contributed by atoms with Gasteiger partial charge in [0.25, 0.3) is 0 Å². The molecule has 0 radical (unpaired) electrons. The van der Waals surface area contributed by atoms with Crippen molar-refractivity contribution in [3.63, 3.8) is 0 Å². The lowest BCUT2D eigenvalue weighted by Gasteiger charge is -2.30. The van der Waals surface area contributed by atoms with Gasteiger partial charge in [0.15, 0.2) is 0 Å². The first-order chi connectivity index (χ1) is 10.5. The van der Waals surface area contributed by atoms with Gasteiger partial charge in [0, 0.05) is 19.0 Å². The Labute approximate surface area is 130 Å². The number of aryl methyl sites for hydroxylation is 1. The van der Waals surface area contributed by atoms with E-state index in [2.05, 4.69) is 0 Å². The number of primary amides is 1. The molecule has 0 aromatic heterocycles. The maximum absolute atomic E-state index is 12.7. The van der Waals surface area contributed by atoms with E-state index >= 15 is 0 Å². The topological polar surface area (TPSA) is 89.7 Å². The number of hydrogen-bond donors (Lipinski definition) is 1. The van der Waals surface area contributed by atoms with Crippen molar-refractivity contribution in [3.8, 4) is 5.75 Å². The van der Waals surface area contributed by atoms with Crippen LogP contribution < -0.4 is 10.5 Å². The molecule has 0 bridgehead atoms. The monoisotopic (exact) mass is 324 g/mol. The molecular formula is C15H20N2O4S. The van der Waals surface area contributed by atoms with Crippen LogP contribution in [0.15, 0.2) is 23.1 Å². The largest absolute Gasteiger partial charge is 0.493 e. The van der Waals surface area contributed by atoms with Gasteiger partial charge in [-0.25, -0.2) is 8.42 Å². The van der Waals surface area contributed by atoms with E-state index < -0.39 is 10.0 Å². The summed E-state index contributed by atoms with van der Waals surface area (Å²) in [6.07, 6.45) is 2.72. The van der Waals surface area contributed by atoms with Crippen molar-refractivity contribution in [1.29, 1.82) is 0 Å². The molecule has 2 N–H and O–H groups in total. The van der Waals surface area contributed by atoms with Gasteiger partial charge in [-0.05, 0) is 49.4 Å². The Morgan fingerprint density at radius 2 is 2.00 bits per heavy atom. The lowest BCUT2D eigenvalue weighted by Crippen LogP contribution is -2.41. The summed E-state index contributed by atoms with van der Waals surface area (Å²) < 4.78 is 32.4. The van der Waals surface area contributed by atoms with Crippen molar-refractivity contribution >= 4 is 15.9 Å². The maximum atomic E-state index is 12.7. The van der Waals surface area contributed by atoms with Gasteiger partial charge in [-0.15, -0.1) is 0 Å². The van der Waals surface area contributed by atoms with Crippen LogP contribution in [-0.4, -0.2) is 38.3 Å². The van der Waals surface area contributed by atoms with E-state index in [0.29, 0.717) is 37.4 Å². The summed E-state index contributed by atoms with van der Waals surface area (Å²) in [4.78, 5) is 11.5. The van der Waals surface area contributed by atoms with Gasteiger partial charge in [0.2, 0.25) is 15.9 Å². The lowest BCUT2D eigenvalue weighted by molar-refractivity contribution is -0.122. The van der Waals surface area contributed by atoms with Gasteiger partial charge in [0.1, 0.15) is 5.75 Å². The second-order valence-electron chi connectivity index (χ2n) is 5.80. The van der Waals surface area contributed by atoms with Crippen molar-refractivity contribution < 1.29 is 17.9 Å². The average Bonchev–Trinajstić information content (AvgIpc) is 2.54. The number of nitrogens with two attached hydrogens (primary N) is 1. The quantitative estimate of drug-likeness (QED) is 0.894. The second-order valence-corrected chi connectivity index (χ2v) is 7.74. The van der Waals surface area contributed by atoms with Crippen LogP contribution in [0.4, 0.5) is 0 Å². The fourth-order valence-electron chi connectivity index (χ4n) is 3.03.